The molecule has 0 fully saturated rings. The SMILES string of the molecule is CN1C(=O)[C@H]2C=C[C@H]1c1ccccc12. The molecule has 2 heteroatoms. The number of carbonyl (C=O) groups is 1. The summed E-state index contributed by atoms with van der Waals surface area (Å²) in [4.78, 5) is 13.7. The third kappa shape index (κ3) is 0.782. The highest BCUT2D eigenvalue weighted by molar-refractivity contribution is 5.90. The summed E-state index contributed by atoms with van der Waals surface area (Å²) in [6.07, 6.45) is 4.14. The minimum absolute atomic E-state index is 0.0406. The average molecular weight is 185 g/mol. The van der Waals surface area contributed by atoms with E-state index in [1.54, 1.807) is 0 Å². The van der Waals surface area contributed by atoms with Gasteiger partial charge in [-0.25, -0.2) is 0 Å². The zero-order chi connectivity index (χ0) is 9.71. The predicted molar refractivity (Wildman–Crippen MR) is 53.8 cm³/mol. The van der Waals surface area contributed by atoms with E-state index >= 15 is 0 Å². The van der Waals surface area contributed by atoms with Gasteiger partial charge in [0.25, 0.3) is 0 Å². The van der Waals surface area contributed by atoms with Crippen LogP contribution in [0.4, 0.5) is 0 Å². The van der Waals surface area contributed by atoms with Crippen molar-refractivity contribution < 1.29 is 4.79 Å². The third-order valence-corrected chi connectivity index (χ3v) is 3.17. The third-order valence-electron chi connectivity index (χ3n) is 3.17. The molecule has 0 N–H and O–H groups in total. The number of amides is 1. The molecule has 70 valence electrons. The van der Waals surface area contributed by atoms with Gasteiger partial charge in [0.05, 0.1) is 12.0 Å². The molecule has 1 aromatic carbocycles. The number of benzene rings is 1. The summed E-state index contributed by atoms with van der Waals surface area (Å²) in [6.45, 7) is 0. The summed E-state index contributed by atoms with van der Waals surface area (Å²) in [5, 5.41) is 0. The van der Waals surface area contributed by atoms with Crippen molar-refractivity contribution in [2.24, 2.45) is 0 Å². The van der Waals surface area contributed by atoms with Gasteiger partial charge in [0.15, 0.2) is 0 Å². The fourth-order valence-corrected chi connectivity index (χ4v) is 2.40. The van der Waals surface area contributed by atoms with E-state index in [2.05, 4.69) is 18.2 Å². The second kappa shape index (κ2) is 2.47. The first-order valence-electron chi connectivity index (χ1n) is 4.83. The highest BCUT2D eigenvalue weighted by Gasteiger charge is 2.38. The minimum atomic E-state index is -0.0406. The Balaban J connectivity index is 2.26. The Morgan fingerprint density at radius 3 is 2.64 bits per heavy atom. The second-order valence-electron chi connectivity index (χ2n) is 3.89. The van der Waals surface area contributed by atoms with Crippen LogP contribution in [0, 0.1) is 0 Å². The standard InChI is InChI=1S/C12H11NO/c1-13-11-7-6-10(12(13)14)8-4-2-3-5-9(8)11/h2-7,10-11H,1H3/t10-,11-/m0/s1. The van der Waals surface area contributed by atoms with E-state index in [1.807, 2.05) is 30.2 Å². The Kier molecular flexibility index (Phi) is 1.38. The van der Waals surface area contributed by atoms with E-state index in [9.17, 15) is 4.79 Å². The first kappa shape index (κ1) is 7.80. The van der Waals surface area contributed by atoms with Crippen molar-refractivity contribution >= 4 is 5.91 Å². The molecule has 0 spiro atoms. The van der Waals surface area contributed by atoms with Gasteiger partial charge in [0.2, 0.25) is 5.91 Å². The predicted octanol–water partition coefficient (Wildman–Crippen LogP) is 1.85. The van der Waals surface area contributed by atoms with Crippen molar-refractivity contribution in [1.82, 2.24) is 4.90 Å². The fraction of sp³-hybridized carbons (Fsp3) is 0.250. The van der Waals surface area contributed by atoms with Crippen LogP contribution in [0.2, 0.25) is 0 Å². The Morgan fingerprint density at radius 1 is 1.14 bits per heavy atom. The van der Waals surface area contributed by atoms with Gasteiger partial charge >= 0.3 is 0 Å². The highest BCUT2D eigenvalue weighted by atomic mass is 16.2. The van der Waals surface area contributed by atoms with Crippen molar-refractivity contribution in [2.75, 3.05) is 7.05 Å². The molecule has 0 unspecified atom stereocenters. The quantitative estimate of drug-likeness (QED) is 0.565. The zero-order valence-corrected chi connectivity index (χ0v) is 7.97. The minimum Gasteiger partial charge on any atom is -0.334 e. The maximum Gasteiger partial charge on any atom is 0.234 e. The van der Waals surface area contributed by atoms with E-state index in [0.717, 1.165) is 0 Å². The average Bonchev–Trinajstić information content (AvgIpc) is 2.24. The molecule has 1 amide bonds. The van der Waals surface area contributed by atoms with Gasteiger partial charge in [-0.05, 0) is 11.1 Å². The lowest BCUT2D eigenvalue weighted by atomic mass is 9.80. The monoisotopic (exact) mass is 185 g/mol. The van der Waals surface area contributed by atoms with Crippen LogP contribution in [0.5, 0.6) is 0 Å². The van der Waals surface area contributed by atoms with Crippen LogP contribution in [-0.2, 0) is 4.79 Å². The first-order chi connectivity index (χ1) is 6.79. The normalized spacial score (nSPS) is 28.1. The van der Waals surface area contributed by atoms with Gasteiger partial charge < -0.3 is 4.90 Å². The first-order valence-corrected chi connectivity index (χ1v) is 4.83. The lowest BCUT2D eigenvalue weighted by Crippen LogP contribution is -2.41. The number of rotatable bonds is 0. The van der Waals surface area contributed by atoms with Crippen molar-refractivity contribution in [3.8, 4) is 0 Å². The smallest absolute Gasteiger partial charge is 0.234 e. The summed E-state index contributed by atoms with van der Waals surface area (Å²) < 4.78 is 0. The van der Waals surface area contributed by atoms with E-state index in [-0.39, 0.29) is 17.9 Å². The van der Waals surface area contributed by atoms with Gasteiger partial charge in [0.1, 0.15) is 0 Å². The van der Waals surface area contributed by atoms with Crippen LogP contribution in [0.15, 0.2) is 36.4 Å². The summed E-state index contributed by atoms with van der Waals surface area (Å²) >= 11 is 0. The lowest BCUT2D eigenvalue weighted by Gasteiger charge is -2.40. The van der Waals surface area contributed by atoms with E-state index < -0.39 is 0 Å². The number of nitrogens with zero attached hydrogens (tertiary/aromatic N) is 1. The van der Waals surface area contributed by atoms with Crippen molar-refractivity contribution in [3.05, 3.63) is 47.5 Å². The summed E-state index contributed by atoms with van der Waals surface area (Å²) in [5.41, 5.74) is 2.46. The van der Waals surface area contributed by atoms with Crippen LogP contribution in [0.3, 0.4) is 0 Å². The number of carbonyl (C=O) groups excluding carboxylic acids is 1. The molecule has 0 radical (unpaired) electrons. The molecule has 0 saturated heterocycles. The maximum absolute atomic E-state index is 11.8. The van der Waals surface area contributed by atoms with Crippen LogP contribution in [0.25, 0.3) is 0 Å². The van der Waals surface area contributed by atoms with Gasteiger partial charge in [-0.3, -0.25) is 4.79 Å². The van der Waals surface area contributed by atoms with Crippen LogP contribution >= 0.6 is 0 Å². The Bertz CT molecular complexity index is 436. The maximum atomic E-state index is 11.8. The van der Waals surface area contributed by atoms with Gasteiger partial charge in [-0.2, -0.15) is 0 Å². The van der Waals surface area contributed by atoms with E-state index in [1.165, 1.54) is 11.1 Å². The topological polar surface area (TPSA) is 20.3 Å². The molecule has 2 bridgehead atoms. The molecular formula is C12H11NO. The Labute approximate surface area is 82.8 Å². The van der Waals surface area contributed by atoms with Crippen LogP contribution < -0.4 is 0 Å². The van der Waals surface area contributed by atoms with Gasteiger partial charge in [-0.1, -0.05) is 36.4 Å². The zero-order valence-electron chi connectivity index (χ0n) is 7.97. The van der Waals surface area contributed by atoms with E-state index in [0.29, 0.717) is 0 Å². The largest absolute Gasteiger partial charge is 0.334 e. The molecule has 2 nitrogen and oxygen atoms in total. The lowest BCUT2D eigenvalue weighted by molar-refractivity contribution is -0.133. The summed E-state index contributed by atoms with van der Waals surface area (Å²) in [7, 11) is 1.87. The van der Waals surface area contributed by atoms with Crippen molar-refractivity contribution in [3.63, 3.8) is 0 Å². The molecule has 1 aliphatic carbocycles. The molecule has 0 saturated carbocycles. The number of likely N-dealkylation sites (N-methyl/N-ethyl adjacent to an activating group) is 1. The second-order valence-corrected chi connectivity index (χ2v) is 3.89. The van der Waals surface area contributed by atoms with E-state index in [4.69, 9.17) is 0 Å². The van der Waals surface area contributed by atoms with Crippen molar-refractivity contribution in [2.45, 2.75) is 12.0 Å². The molecule has 3 aliphatic rings. The molecule has 4 rings (SSSR count). The van der Waals surface area contributed by atoms with Crippen molar-refractivity contribution in [1.29, 1.82) is 0 Å². The molecule has 2 aliphatic heterocycles. The summed E-state index contributed by atoms with van der Waals surface area (Å²) in [5.74, 6) is 0.178. The molecular weight excluding hydrogens is 174 g/mol. The molecule has 0 aromatic heterocycles. The highest BCUT2D eigenvalue weighted by Crippen LogP contribution is 2.41. The molecule has 14 heavy (non-hydrogen) atoms. The van der Waals surface area contributed by atoms with Gasteiger partial charge in [0, 0.05) is 7.05 Å². The number of hydrogen-bond donors (Lipinski definition) is 0. The van der Waals surface area contributed by atoms with Gasteiger partial charge in [-0.15, -0.1) is 0 Å². The molecule has 2 heterocycles. The molecule has 2 atom stereocenters. The Hall–Kier alpha value is -1.57. The number of fused-ring (bicyclic) bond motifs is 1. The number of hydrogen-bond acceptors (Lipinski definition) is 1. The summed E-state index contributed by atoms with van der Waals surface area (Å²) in [6, 6.07) is 8.36. The Morgan fingerprint density at radius 2 is 1.86 bits per heavy atom. The fourth-order valence-electron chi connectivity index (χ4n) is 2.40. The molecule has 1 aromatic rings. The van der Waals surface area contributed by atoms with Crippen LogP contribution in [0.1, 0.15) is 23.1 Å². The van der Waals surface area contributed by atoms with Crippen LogP contribution in [-0.4, -0.2) is 17.9 Å².